The van der Waals surface area contributed by atoms with Gasteiger partial charge in [-0.15, -0.1) is 0 Å². The van der Waals surface area contributed by atoms with Crippen LogP contribution in [0.1, 0.15) is 5.56 Å². The van der Waals surface area contributed by atoms with Crippen molar-refractivity contribution in [2.45, 2.75) is 12.6 Å². The molecule has 6 nitrogen and oxygen atoms in total. The minimum atomic E-state index is -0.685. The topological polar surface area (TPSA) is 90.2 Å². The summed E-state index contributed by atoms with van der Waals surface area (Å²) in [6.07, 6.45) is 1.34. The molecule has 24 heavy (non-hydrogen) atoms. The Morgan fingerprint density at radius 1 is 1.21 bits per heavy atom. The standard InChI is InChI=1S/C16H17F2N5O/c17-12-3-8(23-2-1-14(19)21-16(23)24)4-13(18)11(12)7-22-5-9-10(6-22)15(9)20/h1-4,9-10,15H,5-7,20H2,(H2,19,21,24). The Balaban J connectivity index is 1.60. The van der Waals surface area contributed by atoms with Crippen LogP contribution in [-0.2, 0) is 6.54 Å². The van der Waals surface area contributed by atoms with Gasteiger partial charge in [-0.2, -0.15) is 4.98 Å². The van der Waals surface area contributed by atoms with Gasteiger partial charge < -0.3 is 11.5 Å². The molecule has 0 spiro atoms. The summed E-state index contributed by atoms with van der Waals surface area (Å²) < 4.78 is 29.8. The lowest BCUT2D eigenvalue weighted by Crippen LogP contribution is -2.28. The number of hydrogen-bond acceptors (Lipinski definition) is 5. The third kappa shape index (κ3) is 2.47. The fourth-order valence-electron chi connectivity index (χ4n) is 3.50. The molecule has 0 amide bonds. The van der Waals surface area contributed by atoms with Crippen molar-refractivity contribution in [1.82, 2.24) is 14.5 Å². The molecule has 2 unspecified atom stereocenters. The minimum Gasteiger partial charge on any atom is -0.383 e. The Morgan fingerprint density at radius 3 is 2.42 bits per heavy atom. The number of anilines is 1. The fraction of sp³-hybridized carbons (Fsp3) is 0.375. The SMILES string of the molecule is Nc1ccn(-c2cc(F)c(CN3CC4C(N)C4C3)c(F)c2)c(=O)n1. The lowest BCUT2D eigenvalue weighted by molar-refractivity contribution is 0.281. The van der Waals surface area contributed by atoms with Gasteiger partial charge in [0.1, 0.15) is 17.5 Å². The maximum Gasteiger partial charge on any atom is 0.354 e. The third-order valence-electron chi connectivity index (χ3n) is 4.95. The number of benzene rings is 1. The Labute approximate surface area is 136 Å². The molecular formula is C16H17F2N5O. The Bertz CT molecular complexity index is 833. The third-order valence-corrected chi connectivity index (χ3v) is 4.95. The molecule has 2 aromatic rings. The maximum atomic E-state index is 14.4. The highest BCUT2D eigenvalue weighted by Crippen LogP contribution is 2.44. The van der Waals surface area contributed by atoms with Gasteiger partial charge in [0.05, 0.1) is 5.69 Å². The molecule has 2 aliphatic rings. The first kappa shape index (κ1) is 15.2. The van der Waals surface area contributed by atoms with Gasteiger partial charge in [-0.3, -0.25) is 9.47 Å². The number of rotatable bonds is 3. The normalized spacial score (nSPS) is 25.7. The van der Waals surface area contributed by atoms with E-state index in [2.05, 4.69) is 4.98 Å². The van der Waals surface area contributed by atoms with E-state index in [0.717, 1.165) is 29.8 Å². The summed E-state index contributed by atoms with van der Waals surface area (Å²) in [5.74, 6) is -0.401. The molecule has 0 radical (unpaired) electrons. The average molecular weight is 333 g/mol. The smallest absolute Gasteiger partial charge is 0.354 e. The van der Waals surface area contributed by atoms with E-state index < -0.39 is 17.3 Å². The van der Waals surface area contributed by atoms with Gasteiger partial charge in [0.2, 0.25) is 0 Å². The van der Waals surface area contributed by atoms with Crippen LogP contribution in [0.3, 0.4) is 0 Å². The highest BCUT2D eigenvalue weighted by molar-refractivity contribution is 5.38. The first-order chi connectivity index (χ1) is 11.4. The summed E-state index contributed by atoms with van der Waals surface area (Å²) in [7, 11) is 0. The van der Waals surface area contributed by atoms with E-state index >= 15 is 0 Å². The Hall–Kier alpha value is -2.32. The zero-order valence-electron chi connectivity index (χ0n) is 12.8. The number of nitrogen functional groups attached to an aromatic ring is 1. The molecule has 2 atom stereocenters. The first-order valence-corrected chi connectivity index (χ1v) is 7.75. The number of piperidine rings is 1. The van der Waals surface area contributed by atoms with Crippen LogP contribution >= 0.6 is 0 Å². The zero-order valence-corrected chi connectivity index (χ0v) is 12.8. The zero-order chi connectivity index (χ0) is 17.0. The minimum absolute atomic E-state index is 0.00470. The van der Waals surface area contributed by atoms with E-state index in [-0.39, 0.29) is 29.7 Å². The van der Waals surface area contributed by atoms with Crippen LogP contribution in [0.5, 0.6) is 0 Å². The van der Waals surface area contributed by atoms with Crippen LogP contribution in [0.4, 0.5) is 14.6 Å². The Kier molecular flexibility index (Phi) is 3.40. The highest BCUT2D eigenvalue weighted by Gasteiger charge is 2.53. The molecule has 1 aromatic heterocycles. The van der Waals surface area contributed by atoms with Gasteiger partial charge >= 0.3 is 5.69 Å². The monoisotopic (exact) mass is 333 g/mol. The van der Waals surface area contributed by atoms with E-state index in [1.807, 2.05) is 4.90 Å². The summed E-state index contributed by atoms with van der Waals surface area (Å²) >= 11 is 0. The number of likely N-dealkylation sites (tertiary alicyclic amines) is 1. The molecule has 8 heteroatoms. The van der Waals surface area contributed by atoms with Crippen LogP contribution in [-0.4, -0.2) is 33.6 Å². The van der Waals surface area contributed by atoms with E-state index in [0.29, 0.717) is 11.8 Å². The predicted molar refractivity (Wildman–Crippen MR) is 84.4 cm³/mol. The number of aromatic nitrogens is 2. The average Bonchev–Trinajstić information content (AvgIpc) is 2.94. The van der Waals surface area contributed by atoms with Crippen LogP contribution in [0, 0.1) is 23.5 Å². The van der Waals surface area contributed by atoms with Crippen molar-refractivity contribution in [3.63, 3.8) is 0 Å². The second-order valence-corrected chi connectivity index (χ2v) is 6.49. The molecule has 2 heterocycles. The van der Waals surface area contributed by atoms with Crippen LogP contribution < -0.4 is 17.2 Å². The molecule has 4 rings (SSSR count). The molecule has 0 bridgehead atoms. The van der Waals surface area contributed by atoms with E-state index in [1.54, 1.807) is 0 Å². The van der Waals surface area contributed by atoms with Crippen molar-refractivity contribution in [3.8, 4) is 5.69 Å². The van der Waals surface area contributed by atoms with Gasteiger partial charge in [-0.05, 0) is 30.0 Å². The van der Waals surface area contributed by atoms with E-state index in [4.69, 9.17) is 11.5 Å². The van der Waals surface area contributed by atoms with Crippen molar-refractivity contribution in [2.75, 3.05) is 18.8 Å². The summed E-state index contributed by atoms with van der Waals surface area (Å²) in [6.45, 7) is 1.74. The Morgan fingerprint density at radius 2 is 1.83 bits per heavy atom. The first-order valence-electron chi connectivity index (χ1n) is 7.75. The fourth-order valence-corrected chi connectivity index (χ4v) is 3.50. The molecule has 1 aromatic carbocycles. The lowest BCUT2D eigenvalue weighted by atomic mass is 10.1. The van der Waals surface area contributed by atoms with Gasteiger partial charge in [0.15, 0.2) is 0 Å². The predicted octanol–water partition coefficient (Wildman–Crippen LogP) is 0.482. The van der Waals surface area contributed by atoms with Gasteiger partial charge in [0, 0.05) is 37.4 Å². The van der Waals surface area contributed by atoms with Crippen molar-refractivity contribution < 1.29 is 8.78 Å². The van der Waals surface area contributed by atoms with Crippen LogP contribution in [0.2, 0.25) is 0 Å². The number of halogens is 2. The van der Waals surface area contributed by atoms with Crippen LogP contribution in [0.25, 0.3) is 5.69 Å². The number of nitrogens with two attached hydrogens (primary N) is 2. The van der Waals surface area contributed by atoms with Crippen molar-refractivity contribution in [2.24, 2.45) is 17.6 Å². The molecular weight excluding hydrogens is 316 g/mol. The molecule has 4 N–H and O–H groups in total. The van der Waals surface area contributed by atoms with Gasteiger partial charge in [0.25, 0.3) is 0 Å². The molecule has 1 saturated heterocycles. The molecule has 126 valence electrons. The summed E-state index contributed by atoms with van der Waals surface area (Å²) in [6, 6.07) is 3.91. The van der Waals surface area contributed by atoms with Crippen molar-refractivity contribution >= 4 is 5.82 Å². The number of nitrogens with zero attached hydrogens (tertiary/aromatic N) is 3. The largest absolute Gasteiger partial charge is 0.383 e. The van der Waals surface area contributed by atoms with Crippen molar-refractivity contribution in [3.05, 3.63) is 52.1 Å². The molecule has 2 fully saturated rings. The lowest BCUT2D eigenvalue weighted by Gasteiger charge is -2.19. The van der Waals surface area contributed by atoms with Crippen LogP contribution in [0.15, 0.2) is 29.2 Å². The van der Waals surface area contributed by atoms with Gasteiger partial charge in [-0.1, -0.05) is 0 Å². The van der Waals surface area contributed by atoms with E-state index in [1.165, 1.54) is 12.3 Å². The summed E-state index contributed by atoms with van der Waals surface area (Å²) in [5, 5.41) is 0. The number of fused-ring (bicyclic) bond motifs is 1. The molecule has 1 aliphatic carbocycles. The highest BCUT2D eigenvalue weighted by atomic mass is 19.1. The quantitative estimate of drug-likeness (QED) is 0.853. The number of hydrogen-bond donors (Lipinski definition) is 2. The van der Waals surface area contributed by atoms with Crippen molar-refractivity contribution in [1.29, 1.82) is 0 Å². The second-order valence-electron chi connectivity index (χ2n) is 6.49. The molecule has 1 aliphatic heterocycles. The summed E-state index contributed by atoms with van der Waals surface area (Å²) in [4.78, 5) is 17.4. The van der Waals surface area contributed by atoms with E-state index in [9.17, 15) is 13.6 Å². The molecule has 1 saturated carbocycles. The maximum absolute atomic E-state index is 14.4. The summed E-state index contributed by atoms with van der Waals surface area (Å²) in [5.41, 5.74) is 10.7. The van der Waals surface area contributed by atoms with Gasteiger partial charge in [-0.25, -0.2) is 13.6 Å². The second kappa shape index (κ2) is 5.35.